The summed E-state index contributed by atoms with van der Waals surface area (Å²) in [6, 6.07) is 0. The molecule has 0 heterocycles. The van der Waals surface area contributed by atoms with E-state index < -0.39 is 11.4 Å². The Balaban J connectivity index is 4.07. The second kappa shape index (κ2) is 4.94. The lowest BCUT2D eigenvalue weighted by Gasteiger charge is -2.35. The van der Waals surface area contributed by atoms with Gasteiger partial charge in [-0.15, -0.1) is 0 Å². The van der Waals surface area contributed by atoms with Crippen LogP contribution in [0.3, 0.4) is 0 Å². The Labute approximate surface area is 81.8 Å². The first-order chi connectivity index (χ1) is 5.83. The van der Waals surface area contributed by atoms with E-state index in [1.54, 1.807) is 0 Å². The average Bonchev–Trinajstić information content (AvgIpc) is 1.82. The second-order valence-electron chi connectivity index (χ2n) is 4.23. The van der Waals surface area contributed by atoms with Crippen molar-refractivity contribution < 1.29 is 4.74 Å². The van der Waals surface area contributed by atoms with E-state index in [1.165, 1.54) is 0 Å². The van der Waals surface area contributed by atoms with Gasteiger partial charge in [0.1, 0.15) is 11.4 Å². The molecular formula is C10H24N2O. The molecule has 0 aromatic carbocycles. The minimum absolute atomic E-state index is 0.590. The minimum Gasteiger partial charge on any atom is -0.341 e. The molecule has 2 atom stereocenters. The number of rotatable bonds is 6. The summed E-state index contributed by atoms with van der Waals surface area (Å²) in [7, 11) is 0. The summed E-state index contributed by atoms with van der Waals surface area (Å²) in [5.41, 5.74) is 10.7. The van der Waals surface area contributed by atoms with Crippen LogP contribution in [-0.2, 0) is 4.74 Å². The lowest BCUT2D eigenvalue weighted by molar-refractivity contribution is -0.142. The number of nitrogens with two attached hydrogens (primary N) is 2. The molecule has 3 nitrogen and oxygen atoms in total. The lowest BCUT2D eigenvalue weighted by atomic mass is 10.1. The van der Waals surface area contributed by atoms with Crippen LogP contribution in [0.1, 0.15) is 53.4 Å². The van der Waals surface area contributed by atoms with Gasteiger partial charge in [0.2, 0.25) is 0 Å². The standard InChI is InChI=1S/C10H24N2O/c1-5-7-9(3,11)13-10(4,12)8-6-2/h5-8,11-12H2,1-4H3. The summed E-state index contributed by atoms with van der Waals surface area (Å²) in [4.78, 5) is 0. The van der Waals surface area contributed by atoms with E-state index >= 15 is 0 Å². The van der Waals surface area contributed by atoms with E-state index in [2.05, 4.69) is 13.8 Å². The maximum Gasteiger partial charge on any atom is 0.116 e. The summed E-state index contributed by atoms with van der Waals surface area (Å²) >= 11 is 0. The Morgan fingerprint density at radius 2 is 1.23 bits per heavy atom. The Hall–Kier alpha value is -0.120. The summed E-state index contributed by atoms with van der Waals surface area (Å²) in [6.07, 6.45) is 3.69. The number of ether oxygens (including phenoxy) is 1. The smallest absolute Gasteiger partial charge is 0.116 e. The molecule has 0 rings (SSSR count). The van der Waals surface area contributed by atoms with Crippen LogP contribution in [0.4, 0.5) is 0 Å². The van der Waals surface area contributed by atoms with E-state index in [0.29, 0.717) is 0 Å². The maximum absolute atomic E-state index is 5.94. The molecule has 13 heavy (non-hydrogen) atoms. The Morgan fingerprint density at radius 1 is 0.923 bits per heavy atom. The Morgan fingerprint density at radius 3 is 1.46 bits per heavy atom. The van der Waals surface area contributed by atoms with Crippen molar-refractivity contribution in [2.45, 2.75) is 64.8 Å². The molecule has 0 saturated heterocycles. The molecule has 0 aliphatic rings. The normalized spacial score (nSPS) is 20.8. The van der Waals surface area contributed by atoms with Gasteiger partial charge < -0.3 is 16.2 Å². The van der Waals surface area contributed by atoms with E-state index in [9.17, 15) is 0 Å². The number of hydrogen-bond acceptors (Lipinski definition) is 3. The van der Waals surface area contributed by atoms with E-state index in [0.717, 1.165) is 25.7 Å². The first-order valence-electron chi connectivity index (χ1n) is 5.11. The minimum atomic E-state index is -0.590. The van der Waals surface area contributed by atoms with Gasteiger partial charge in [-0.05, 0) is 26.7 Å². The maximum atomic E-state index is 5.94. The quantitative estimate of drug-likeness (QED) is 0.626. The highest BCUT2D eigenvalue weighted by Gasteiger charge is 2.28. The van der Waals surface area contributed by atoms with Crippen LogP contribution in [0.25, 0.3) is 0 Å². The Kier molecular flexibility index (Phi) is 4.89. The molecule has 4 N–H and O–H groups in total. The van der Waals surface area contributed by atoms with Crippen LogP contribution in [-0.4, -0.2) is 11.4 Å². The molecule has 0 aliphatic heterocycles. The van der Waals surface area contributed by atoms with Gasteiger partial charge in [-0.1, -0.05) is 26.7 Å². The zero-order chi connectivity index (χ0) is 10.5. The van der Waals surface area contributed by atoms with Crippen LogP contribution in [0.15, 0.2) is 0 Å². The molecule has 0 aliphatic carbocycles. The van der Waals surface area contributed by atoms with E-state index in [1.807, 2.05) is 13.8 Å². The van der Waals surface area contributed by atoms with Crippen LogP contribution in [0, 0.1) is 0 Å². The summed E-state index contributed by atoms with van der Waals surface area (Å²) in [5, 5.41) is 0. The highest BCUT2D eigenvalue weighted by atomic mass is 16.5. The van der Waals surface area contributed by atoms with Crippen LogP contribution >= 0.6 is 0 Å². The molecule has 80 valence electrons. The first kappa shape index (κ1) is 12.9. The fourth-order valence-electron chi connectivity index (χ4n) is 1.63. The van der Waals surface area contributed by atoms with Crippen LogP contribution in [0.5, 0.6) is 0 Å². The molecule has 0 amide bonds. The summed E-state index contributed by atoms with van der Waals surface area (Å²) in [6.45, 7) is 7.94. The van der Waals surface area contributed by atoms with Crippen molar-refractivity contribution in [2.75, 3.05) is 0 Å². The molecule has 0 aromatic heterocycles. The van der Waals surface area contributed by atoms with Crippen molar-refractivity contribution in [3.05, 3.63) is 0 Å². The van der Waals surface area contributed by atoms with E-state index in [-0.39, 0.29) is 0 Å². The van der Waals surface area contributed by atoms with Crippen molar-refractivity contribution in [1.82, 2.24) is 0 Å². The number of hydrogen-bond donors (Lipinski definition) is 2. The van der Waals surface area contributed by atoms with Crippen LogP contribution in [0.2, 0.25) is 0 Å². The highest BCUT2D eigenvalue weighted by Crippen LogP contribution is 2.20. The van der Waals surface area contributed by atoms with Crippen molar-refractivity contribution >= 4 is 0 Å². The van der Waals surface area contributed by atoms with Crippen LogP contribution < -0.4 is 11.5 Å². The molecule has 0 fully saturated rings. The van der Waals surface area contributed by atoms with Gasteiger partial charge in [0, 0.05) is 0 Å². The fraction of sp³-hybridized carbons (Fsp3) is 1.00. The van der Waals surface area contributed by atoms with Gasteiger partial charge in [-0.3, -0.25) is 0 Å². The fourth-order valence-corrected chi connectivity index (χ4v) is 1.63. The zero-order valence-corrected chi connectivity index (χ0v) is 9.39. The molecule has 2 unspecified atom stereocenters. The molecule has 0 spiro atoms. The molecular weight excluding hydrogens is 164 g/mol. The molecule has 3 heteroatoms. The van der Waals surface area contributed by atoms with Crippen molar-refractivity contribution in [2.24, 2.45) is 11.5 Å². The molecule has 0 radical (unpaired) electrons. The van der Waals surface area contributed by atoms with Crippen molar-refractivity contribution in [3.63, 3.8) is 0 Å². The van der Waals surface area contributed by atoms with Gasteiger partial charge in [0.05, 0.1) is 0 Å². The second-order valence-corrected chi connectivity index (χ2v) is 4.23. The SMILES string of the molecule is CCCC(C)(N)OC(C)(N)CCC. The van der Waals surface area contributed by atoms with Gasteiger partial charge in [-0.25, -0.2) is 0 Å². The predicted octanol–water partition coefficient (Wildman–Crippen LogP) is 1.95. The van der Waals surface area contributed by atoms with Gasteiger partial charge in [0.25, 0.3) is 0 Å². The zero-order valence-electron chi connectivity index (χ0n) is 9.39. The monoisotopic (exact) mass is 188 g/mol. The third kappa shape index (κ3) is 6.02. The van der Waals surface area contributed by atoms with E-state index in [4.69, 9.17) is 16.2 Å². The summed E-state index contributed by atoms with van der Waals surface area (Å²) < 4.78 is 5.66. The first-order valence-corrected chi connectivity index (χ1v) is 5.11. The third-order valence-electron chi connectivity index (χ3n) is 1.96. The molecule has 0 bridgehead atoms. The Bertz CT molecular complexity index is 128. The lowest BCUT2D eigenvalue weighted by Crippen LogP contribution is -2.51. The largest absolute Gasteiger partial charge is 0.341 e. The third-order valence-corrected chi connectivity index (χ3v) is 1.96. The van der Waals surface area contributed by atoms with Gasteiger partial charge in [0.15, 0.2) is 0 Å². The topological polar surface area (TPSA) is 61.3 Å². The van der Waals surface area contributed by atoms with Gasteiger partial charge >= 0.3 is 0 Å². The highest BCUT2D eigenvalue weighted by molar-refractivity contribution is 4.74. The van der Waals surface area contributed by atoms with Gasteiger partial charge in [-0.2, -0.15) is 0 Å². The van der Waals surface area contributed by atoms with Crippen molar-refractivity contribution in [3.8, 4) is 0 Å². The molecule has 0 aromatic rings. The average molecular weight is 188 g/mol. The predicted molar refractivity (Wildman–Crippen MR) is 56.1 cm³/mol. The molecule has 0 saturated carbocycles. The summed E-state index contributed by atoms with van der Waals surface area (Å²) in [5.74, 6) is 0. The van der Waals surface area contributed by atoms with Crippen molar-refractivity contribution in [1.29, 1.82) is 0 Å².